The van der Waals surface area contributed by atoms with Crippen molar-refractivity contribution in [1.82, 2.24) is 15.3 Å². The highest BCUT2D eigenvalue weighted by Crippen LogP contribution is 2.40. The molecule has 0 spiro atoms. The molecule has 0 aliphatic heterocycles. The molecule has 2 unspecified atom stereocenters. The predicted octanol–water partition coefficient (Wildman–Crippen LogP) is 2.69. The van der Waals surface area contributed by atoms with Gasteiger partial charge in [-0.15, -0.1) is 0 Å². The molecule has 2 atom stereocenters. The van der Waals surface area contributed by atoms with Crippen molar-refractivity contribution in [1.29, 1.82) is 0 Å². The third kappa shape index (κ3) is 2.16. The number of fused-ring (bicyclic) bond motifs is 3. The molecule has 104 valence electrons. The number of aromatic nitrogens is 2. The molecule has 2 bridgehead atoms. The van der Waals surface area contributed by atoms with Gasteiger partial charge < -0.3 is 10.3 Å². The van der Waals surface area contributed by atoms with E-state index in [2.05, 4.69) is 39.6 Å². The van der Waals surface area contributed by atoms with Crippen LogP contribution in [-0.2, 0) is 19.4 Å². The van der Waals surface area contributed by atoms with E-state index in [1.165, 1.54) is 25.7 Å². The Morgan fingerprint density at radius 1 is 1.10 bits per heavy atom. The topological polar surface area (TPSA) is 40.7 Å². The van der Waals surface area contributed by atoms with Crippen molar-refractivity contribution in [3.05, 3.63) is 53.6 Å². The van der Waals surface area contributed by atoms with Crippen LogP contribution in [0.5, 0.6) is 0 Å². The third-order valence-corrected chi connectivity index (χ3v) is 5.07. The molecule has 3 heteroatoms. The van der Waals surface area contributed by atoms with Gasteiger partial charge in [0.1, 0.15) is 5.82 Å². The van der Waals surface area contributed by atoms with Crippen LogP contribution in [0.25, 0.3) is 0 Å². The fourth-order valence-corrected chi connectivity index (χ4v) is 4.09. The van der Waals surface area contributed by atoms with E-state index in [9.17, 15) is 0 Å². The zero-order valence-electron chi connectivity index (χ0n) is 11.7. The largest absolute Gasteiger partial charge is 0.348 e. The van der Waals surface area contributed by atoms with Crippen molar-refractivity contribution in [2.75, 3.05) is 0 Å². The van der Waals surface area contributed by atoms with Gasteiger partial charge in [0.15, 0.2) is 0 Å². The van der Waals surface area contributed by atoms with Gasteiger partial charge in [-0.25, -0.2) is 4.98 Å². The van der Waals surface area contributed by atoms with E-state index in [1.54, 1.807) is 11.1 Å². The van der Waals surface area contributed by atoms with Crippen LogP contribution in [-0.4, -0.2) is 16.0 Å². The van der Waals surface area contributed by atoms with Gasteiger partial charge in [-0.05, 0) is 48.6 Å². The minimum Gasteiger partial charge on any atom is -0.348 e. The molecular weight excluding hydrogens is 246 g/mol. The second kappa shape index (κ2) is 5.06. The minimum atomic E-state index is 0.646. The zero-order chi connectivity index (χ0) is 13.4. The van der Waals surface area contributed by atoms with Crippen molar-refractivity contribution >= 4 is 0 Å². The summed E-state index contributed by atoms with van der Waals surface area (Å²) in [7, 11) is 0. The molecule has 1 heterocycles. The number of hydrogen-bond donors (Lipinski definition) is 2. The molecule has 0 amide bonds. The normalized spacial score (nSPS) is 28.1. The summed E-state index contributed by atoms with van der Waals surface area (Å²) in [6.45, 7) is 0.862. The van der Waals surface area contributed by atoms with E-state index in [0.29, 0.717) is 6.04 Å². The summed E-state index contributed by atoms with van der Waals surface area (Å²) >= 11 is 0. The Morgan fingerprint density at radius 3 is 2.40 bits per heavy atom. The van der Waals surface area contributed by atoms with Crippen LogP contribution in [0.15, 0.2) is 36.7 Å². The summed E-state index contributed by atoms with van der Waals surface area (Å²) in [6.07, 6.45) is 8.94. The number of H-pyrrole nitrogens is 1. The van der Waals surface area contributed by atoms with Crippen molar-refractivity contribution in [3.63, 3.8) is 0 Å². The number of rotatable bonds is 3. The quantitative estimate of drug-likeness (QED) is 0.897. The summed E-state index contributed by atoms with van der Waals surface area (Å²) in [5, 5.41) is 3.77. The first-order valence-corrected chi connectivity index (χ1v) is 7.68. The summed E-state index contributed by atoms with van der Waals surface area (Å²) in [5.41, 5.74) is 3.15. The Hall–Kier alpha value is -1.61. The lowest BCUT2D eigenvalue weighted by atomic mass is 9.94. The van der Waals surface area contributed by atoms with E-state index in [4.69, 9.17) is 0 Å². The van der Waals surface area contributed by atoms with E-state index in [1.807, 2.05) is 12.4 Å². The highest BCUT2D eigenvalue weighted by molar-refractivity contribution is 5.30. The maximum absolute atomic E-state index is 4.32. The Bertz CT molecular complexity index is 543. The van der Waals surface area contributed by atoms with Crippen molar-refractivity contribution < 1.29 is 0 Å². The molecule has 2 aromatic rings. The van der Waals surface area contributed by atoms with Gasteiger partial charge in [-0.3, -0.25) is 0 Å². The molecule has 1 fully saturated rings. The summed E-state index contributed by atoms with van der Waals surface area (Å²) < 4.78 is 0. The number of benzene rings is 1. The van der Waals surface area contributed by atoms with Crippen LogP contribution in [0, 0.1) is 11.8 Å². The highest BCUT2D eigenvalue weighted by atomic mass is 15.0. The number of hydrogen-bond acceptors (Lipinski definition) is 2. The SMILES string of the molecule is c1ccc2c(c1)CC1CCC(C2)C1NCc1ncc[nH]1. The standard InChI is InChI=1S/C17H21N3/c1-2-4-13-10-15-6-5-14(9-12(13)3-1)17(15)20-11-16-18-7-8-19-16/h1-4,7-8,14-15,17,20H,5-6,9-11H2,(H,18,19). The Balaban J connectivity index is 1.52. The molecule has 2 N–H and O–H groups in total. The Morgan fingerprint density at radius 2 is 1.80 bits per heavy atom. The lowest BCUT2D eigenvalue weighted by molar-refractivity contribution is 0.338. The van der Waals surface area contributed by atoms with E-state index in [0.717, 1.165) is 24.2 Å². The molecule has 2 aliphatic rings. The molecule has 0 radical (unpaired) electrons. The highest BCUT2D eigenvalue weighted by Gasteiger charge is 2.38. The first-order chi connectivity index (χ1) is 9.90. The van der Waals surface area contributed by atoms with Crippen LogP contribution in [0.4, 0.5) is 0 Å². The van der Waals surface area contributed by atoms with Gasteiger partial charge in [0.25, 0.3) is 0 Å². The van der Waals surface area contributed by atoms with Gasteiger partial charge in [-0.2, -0.15) is 0 Å². The van der Waals surface area contributed by atoms with Gasteiger partial charge >= 0.3 is 0 Å². The van der Waals surface area contributed by atoms with E-state index >= 15 is 0 Å². The third-order valence-electron chi connectivity index (χ3n) is 5.07. The van der Waals surface area contributed by atoms with Crippen LogP contribution in [0.2, 0.25) is 0 Å². The van der Waals surface area contributed by atoms with Crippen molar-refractivity contribution in [2.24, 2.45) is 11.8 Å². The summed E-state index contributed by atoms with van der Waals surface area (Å²) in [5.74, 6) is 2.63. The Kier molecular flexibility index (Phi) is 3.07. The van der Waals surface area contributed by atoms with Gasteiger partial charge in [0, 0.05) is 18.4 Å². The van der Waals surface area contributed by atoms with Gasteiger partial charge in [0.2, 0.25) is 0 Å². The Labute approximate surface area is 119 Å². The van der Waals surface area contributed by atoms with E-state index in [-0.39, 0.29) is 0 Å². The molecule has 2 aliphatic carbocycles. The average Bonchev–Trinajstić information content (AvgIpc) is 3.04. The molecule has 4 rings (SSSR count). The average molecular weight is 267 g/mol. The van der Waals surface area contributed by atoms with Crippen LogP contribution in [0.3, 0.4) is 0 Å². The first-order valence-electron chi connectivity index (χ1n) is 7.68. The number of aromatic amines is 1. The molecule has 1 aromatic carbocycles. The fraction of sp³-hybridized carbons (Fsp3) is 0.471. The van der Waals surface area contributed by atoms with Crippen LogP contribution < -0.4 is 5.32 Å². The fourth-order valence-electron chi connectivity index (χ4n) is 4.09. The number of imidazole rings is 1. The lowest BCUT2D eigenvalue weighted by Crippen LogP contribution is -2.37. The smallest absolute Gasteiger partial charge is 0.120 e. The first kappa shape index (κ1) is 12.2. The summed E-state index contributed by atoms with van der Waals surface area (Å²) in [4.78, 5) is 7.50. The zero-order valence-corrected chi connectivity index (χ0v) is 11.7. The van der Waals surface area contributed by atoms with Crippen LogP contribution >= 0.6 is 0 Å². The predicted molar refractivity (Wildman–Crippen MR) is 79.3 cm³/mol. The second-order valence-electron chi connectivity index (χ2n) is 6.22. The van der Waals surface area contributed by atoms with Gasteiger partial charge in [0.05, 0.1) is 6.54 Å². The lowest BCUT2D eigenvalue weighted by Gasteiger charge is -2.23. The van der Waals surface area contributed by atoms with Crippen molar-refractivity contribution in [2.45, 2.75) is 38.3 Å². The molecular formula is C17H21N3. The van der Waals surface area contributed by atoms with Crippen LogP contribution in [0.1, 0.15) is 29.8 Å². The second-order valence-corrected chi connectivity index (χ2v) is 6.22. The number of nitrogens with zero attached hydrogens (tertiary/aromatic N) is 1. The molecule has 3 nitrogen and oxygen atoms in total. The monoisotopic (exact) mass is 267 g/mol. The maximum atomic E-state index is 4.32. The van der Waals surface area contributed by atoms with Crippen molar-refractivity contribution in [3.8, 4) is 0 Å². The minimum absolute atomic E-state index is 0.646. The molecule has 20 heavy (non-hydrogen) atoms. The maximum Gasteiger partial charge on any atom is 0.120 e. The van der Waals surface area contributed by atoms with E-state index < -0.39 is 0 Å². The molecule has 1 saturated carbocycles. The molecule has 1 aromatic heterocycles. The summed E-state index contributed by atoms with van der Waals surface area (Å²) in [6, 6.07) is 9.65. The molecule has 0 saturated heterocycles. The number of nitrogens with one attached hydrogen (secondary N) is 2. The van der Waals surface area contributed by atoms with Gasteiger partial charge in [-0.1, -0.05) is 24.3 Å².